The molecule has 2 rings (SSSR count). The molecule has 0 unspecified atom stereocenters. The van der Waals surface area contributed by atoms with Crippen LogP contribution in [0.4, 0.5) is 5.69 Å². The molecular weight excluding hydrogens is 259 g/mol. The summed E-state index contributed by atoms with van der Waals surface area (Å²) in [6, 6.07) is 12.9. The maximum atomic E-state index is 2.18. The third-order valence-corrected chi connectivity index (χ3v) is 2.60. The second kappa shape index (κ2) is 5.09. The molecule has 0 saturated carbocycles. The molecule has 0 aromatic heterocycles. The zero-order valence-electron chi connectivity index (χ0n) is 9.49. The van der Waals surface area contributed by atoms with Crippen LogP contribution in [0, 0.1) is 6.92 Å². The number of anilines is 1. The van der Waals surface area contributed by atoms with Crippen molar-refractivity contribution >= 4 is 16.5 Å². The maximum absolute atomic E-state index is 2.18. The second-order valence-electron chi connectivity index (χ2n) is 3.84. The fourth-order valence-electron chi connectivity index (χ4n) is 1.82. The van der Waals surface area contributed by atoms with Crippen LogP contribution < -0.4 is 4.90 Å². The monoisotopic (exact) mass is 274 g/mol. The summed E-state index contributed by atoms with van der Waals surface area (Å²) >= 11 is 0. The standard InChI is InChI=1S/C13H15N.Y/c1-10-8-9-13(14(2)3)12-7-5-4-6-11(10)12;/h4-9H,1-3H3;. The minimum Gasteiger partial charge on any atom is -0.377 e. The largest absolute Gasteiger partial charge is 0.377 e. The molecule has 15 heavy (non-hydrogen) atoms. The first-order chi connectivity index (χ1) is 6.70. The number of nitrogens with zero attached hydrogens (tertiary/aromatic N) is 1. The van der Waals surface area contributed by atoms with Crippen LogP contribution >= 0.6 is 0 Å². The van der Waals surface area contributed by atoms with Crippen LogP contribution in [-0.2, 0) is 32.7 Å². The van der Waals surface area contributed by atoms with E-state index in [1.807, 2.05) is 0 Å². The van der Waals surface area contributed by atoms with E-state index in [1.165, 1.54) is 22.0 Å². The van der Waals surface area contributed by atoms with Gasteiger partial charge in [-0.05, 0) is 23.9 Å². The molecule has 1 radical (unpaired) electrons. The van der Waals surface area contributed by atoms with Gasteiger partial charge in [0.05, 0.1) is 0 Å². The molecule has 0 saturated heterocycles. The molecule has 0 aliphatic carbocycles. The van der Waals surface area contributed by atoms with Crippen molar-refractivity contribution in [3.8, 4) is 0 Å². The Labute approximate surface area is 116 Å². The molecule has 0 aliphatic rings. The van der Waals surface area contributed by atoms with E-state index in [-0.39, 0.29) is 32.7 Å². The minimum atomic E-state index is 0. The second-order valence-corrected chi connectivity index (χ2v) is 3.84. The number of hydrogen-bond acceptors (Lipinski definition) is 1. The summed E-state index contributed by atoms with van der Waals surface area (Å²) in [4.78, 5) is 2.15. The van der Waals surface area contributed by atoms with Crippen molar-refractivity contribution in [1.82, 2.24) is 0 Å². The van der Waals surface area contributed by atoms with Gasteiger partial charge in [-0.25, -0.2) is 0 Å². The Morgan fingerprint density at radius 3 is 2.07 bits per heavy atom. The third-order valence-electron chi connectivity index (χ3n) is 2.60. The molecule has 0 fully saturated rings. The molecule has 75 valence electrons. The van der Waals surface area contributed by atoms with Gasteiger partial charge in [-0.3, -0.25) is 0 Å². The van der Waals surface area contributed by atoms with Crippen LogP contribution in [-0.4, -0.2) is 14.1 Å². The van der Waals surface area contributed by atoms with Gasteiger partial charge in [0, 0.05) is 57.9 Å². The topological polar surface area (TPSA) is 3.24 Å². The Morgan fingerprint density at radius 2 is 1.47 bits per heavy atom. The average molecular weight is 274 g/mol. The van der Waals surface area contributed by atoms with Gasteiger partial charge >= 0.3 is 0 Å². The number of fused-ring (bicyclic) bond motifs is 1. The fraction of sp³-hybridized carbons (Fsp3) is 0.231. The Bertz CT molecular complexity index is 463. The summed E-state index contributed by atoms with van der Waals surface area (Å²) in [5.74, 6) is 0. The van der Waals surface area contributed by atoms with Crippen LogP contribution in [0.5, 0.6) is 0 Å². The van der Waals surface area contributed by atoms with E-state index in [2.05, 4.69) is 62.3 Å². The van der Waals surface area contributed by atoms with Crippen molar-refractivity contribution in [2.75, 3.05) is 19.0 Å². The van der Waals surface area contributed by atoms with Crippen molar-refractivity contribution in [2.24, 2.45) is 0 Å². The first-order valence-electron chi connectivity index (χ1n) is 4.86. The molecule has 2 aromatic carbocycles. The number of hydrogen-bond donors (Lipinski definition) is 0. The zero-order chi connectivity index (χ0) is 10.1. The van der Waals surface area contributed by atoms with Crippen LogP contribution in [0.2, 0.25) is 0 Å². The van der Waals surface area contributed by atoms with E-state index in [1.54, 1.807) is 0 Å². The third kappa shape index (κ3) is 2.40. The van der Waals surface area contributed by atoms with E-state index < -0.39 is 0 Å². The van der Waals surface area contributed by atoms with E-state index >= 15 is 0 Å². The van der Waals surface area contributed by atoms with Gasteiger partial charge in [-0.15, -0.1) is 0 Å². The molecule has 1 nitrogen and oxygen atoms in total. The zero-order valence-corrected chi connectivity index (χ0v) is 12.3. The molecule has 2 heteroatoms. The first-order valence-corrected chi connectivity index (χ1v) is 4.86. The van der Waals surface area contributed by atoms with Gasteiger partial charge in [0.15, 0.2) is 0 Å². The van der Waals surface area contributed by atoms with Crippen LogP contribution in [0.25, 0.3) is 10.8 Å². The molecule has 0 heterocycles. The summed E-state index contributed by atoms with van der Waals surface area (Å²) in [5, 5.41) is 2.68. The van der Waals surface area contributed by atoms with E-state index in [0.29, 0.717) is 0 Å². The first kappa shape index (κ1) is 12.7. The Kier molecular flexibility index (Phi) is 4.30. The maximum Gasteiger partial charge on any atom is 0.0440 e. The Hall–Kier alpha value is -0.396. The quantitative estimate of drug-likeness (QED) is 0.771. The van der Waals surface area contributed by atoms with Gasteiger partial charge in [-0.2, -0.15) is 0 Å². The van der Waals surface area contributed by atoms with E-state index in [0.717, 1.165) is 0 Å². The normalized spacial score (nSPS) is 9.80. The number of benzene rings is 2. The predicted molar refractivity (Wildman–Crippen MR) is 63.0 cm³/mol. The average Bonchev–Trinajstić information content (AvgIpc) is 2.18. The summed E-state index contributed by atoms with van der Waals surface area (Å²) in [6.07, 6.45) is 0. The smallest absolute Gasteiger partial charge is 0.0440 e. The molecule has 0 amide bonds. The number of rotatable bonds is 1. The van der Waals surface area contributed by atoms with Crippen LogP contribution in [0.15, 0.2) is 36.4 Å². The van der Waals surface area contributed by atoms with E-state index in [4.69, 9.17) is 0 Å². The molecule has 0 bridgehead atoms. The predicted octanol–water partition coefficient (Wildman–Crippen LogP) is 3.21. The fourth-order valence-corrected chi connectivity index (χ4v) is 1.82. The van der Waals surface area contributed by atoms with Crippen molar-refractivity contribution in [2.45, 2.75) is 6.92 Å². The van der Waals surface area contributed by atoms with Crippen molar-refractivity contribution in [3.63, 3.8) is 0 Å². The molecule has 0 aliphatic heterocycles. The van der Waals surface area contributed by atoms with Gasteiger partial charge in [-0.1, -0.05) is 30.3 Å². The molecule has 0 spiro atoms. The Morgan fingerprint density at radius 1 is 0.867 bits per heavy atom. The van der Waals surface area contributed by atoms with Gasteiger partial charge in [0.2, 0.25) is 0 Å². The van der Waals surface area contributed by atoms with Gasteiger partial charge in [0.25, 0.3) is 0 Å². The minimum absolute atomic E-state index is 0. The van der Waals surface area contributed by atoms with E-state index in [9.17, 15) is 0 Å². The van der Waals surface area contributed by atoms with Crippen LogP contribution in [0.1, 0.15) is 5.56 Å². The Balaban J connectivity index is 0.00000112. The van der Waals surface area contributed by atoms with Crippen molar-refractivity contribution < 1.29 is 32.7 Å². The molecule has 2 aromatic rings. The number of aryl methyl sites for hydroxylation is 1. The SMILES string of the molecule is Cc1ccc(N(C)C)c2ccccc12.[Y]. The molecule has 0 atom stereocenters. The summed E-state index contributed by atoms with van der Waals surface area (Å²) < 4.78 is 0. The van der Waals surface area contributed by atoms with Gasteiger partial charge in [0.1, 0.15) is 0 Å². The van der Waals surface area contributed by atoms with Crippen LogP contribution in [0.3, 0.4) is 0 Å². The van der Waals surface area contributed by atoms with Crippen molar-refractivity contribution in [3.05, 3.63) is 42.0 Å². The van der Waals surface area contributed by atoms with Gasteiger partial charge < -0.3 is 4.90 Å². The summed E-state index contributed by atoms with van der Waals surface area (Å²) in [7, 11) is 4.16. The summed E-state index contributed by atoms with van der Waals surface area (Å²) in [6.45, 7) is 2.15. The van der Waals surface area contributed by atoms with Crippen molar-refractivity contribution in [1.29, 1.82) is 0 Å². The summed E-state index contributed by atoms with van der Waals surface area (Å²) in [5.41, 5.74) is 2.62. The molecular formula is C13H15NY. The molecule has 0 N–H and O–H groups in total.